The van der Waals surface area contributed by atoms with E-state index < -0.39 is 4.92 Å². The van der Waals surface area contributed by atoms with Gasteiger partial charge in [-0.1, -0.05) is 0 Å². The van der Waals surface area contributed by atoms with Crippen molar-refractivity contribution in [1.82, 2.24) is 9.78 Å². The Hall–Kier alpha value is -1.63. The Labute approximate surface area is 98.7 Å². The molecule has 0 spiro atoms. The number of aryl methyl sites for hydroxylation is 1. The minimum atomic E-state index is -0.471. The molecule has 0 radical (unpaired) electrons. The summed E-state index contributed by atoms with van der Waals surface area (Å²) < 4.78 is 6.94. The van der Waals surface area contributed by atoms with E-state index in [2.05, 4.69) is 5.10 Å². The van der Waals surface area contributed by atoms with Crippen LogP contribution >= 0.6 is 0 Å². The van der Waals surface area contributed by atoms with E-state index in [1.807, 2.05) is 0 Å². The van der Waals surface area contributed by atoms with Gasteiger partial charge < -0.3 is 10.5 Å². The second-order valence-electron chi connectivity index (χ2n) is 4.22. The van der Waals surface area contributed by atoms with Gasteiger partial charge >= 0.3 is 5.69 Å². The first-order valence-corrected chi connectivity index (χ1v) is 5.68. The van der Waals surface area contributed by atoms with E-state index in [1.165, 1.54) is 0 Å². The van der Waals surface area contributed by atoms with E-state index in [1.54, 1.807) is 11.6 Å². The number of hydrogen-bond donors (Lipinski definition) is 1. The van der Waals surface area contributed by atoms with Crippen LogP contribution in [0, 0.1) is 17.0 Å². The molecule has 1 aliphatic rings. The van der Waals surface area contributed by atoms with Gasteiger partial charge in [0, 0.05) is 13.2 Å². The summed E-state index contributed by atoms with van der Waals surface area (Å²) in [6.45, 7) is 2.99. The molecule has 2 N–H and O–H groups in total. The molecular formula is C10H16N4O3. The number of nitrogens with two attached hydrogens (primary N) is 1. The Bertz CT molecular complexity index is 421. The molecule has 1 aromatic rings. The van der Waals surface area contributed by atoms with Gasteiger partial charge in [-0.05, 0) is 26.2 Å². The first-order valence-electron chi connectivity index (χ1n) is 5.68. The molecule has 1 atom stereocenters. The highest BCUT2D eigenvalue weighted by molar-refractivity contribution is 5.56. The van der Waals surface area contributed by atoms with Crippen molar-refractivity contribution in [1.29, 1.82) is 0 Å². The lowest BCUT2D eigenvalue weighted by atomic mass is 10.1. The van der Waals surface area contributed by atoms with Gasteiger partial charge in [0.25, 0.3) is 0 Å². The number of aromatic nitrogens is 2. The maximum Gasteiger partial charge on any atom is 0.333 e. The number of nitro groups is 1. The molecule has 2 rings (SSSR count). The first kappa shape index (κ1) is 11.8. The molecule has 1 fully saturated rings. The largest absolute Gasteiger partial charge is 0.381 e. The van der Waals surface area contributed by atoms with Crippen molar-refractivity contribution in [2.75, 3.05) is 18.9 Å². The molecule has 1 aromatic heterocycles. The summed E-state index contributed by atoms with van der Waals surface area (Å²) in [4.78, 5) is 10.4. The Morgan fingerprint density at radius 2 is 2.29 bits per heavy atom. The number of ether oxygens (including phenoxy) is 1. The maximum absolute atomic E-state index is 10.9. The number of hydrogen-bond acceptors (Lipinski definition) is 5. The monoisotopic (exact) mass is 240 g/mol. The minimum Gasteiger partial charge on any atom is -0.381 e. The Morgan fingerprint density at radius 1 is 1.53 bits per heavy atom. The van der Waals surface area contributed by atoms with Gasteiger partial charge in [0.1, 0.15) is 5.69 Å². The molecule has 1 saturated heterocycles. The highest BCUT2D eigenvalue weighted by Gasteiger charge is 2.27. The van der Waals surface area contributed by atoms with Crippen LogP contribution in [0.3, 0.4) is 0 Å². The van der Waals surface area contributed by atoms with Crippen LogP contribution in [0.15, 0.2) is 0 Å². The molecule has 94 valence electrons. The van der Waals surface area contributed by atoms with Crippen LogP contribution < -0.4 is 5.73 Å². The summed E-state index contributed by atoms with van der Waals surface area (Å²) in [6.07, 6.45) is 2.61. The zero-order chi connectivity index (χ0) is 12.4. The SMILES string of the molecule is Cc1nn(C2CCCOCC2)c(N)c1[N+](=O)[O-]. The minimum absolute atomic E-state index is 0.0739. The average Bonchev–Trinajstić information content (AvgIpc) is 2.48. The standard InChI is InChI=1S/C10H16N4O3/c1-7-9(14(15)16)10(11)13(12-7)8-3-2-5-17-6-4-8/h8H,2-6,11H2,1H3. The molecule has 1 unspecified atom stereocenters. The highest BCUT2D eigenvalue weighted by Crippen LogP contribution is 2.31. The van der Waals surface area contributed by atoms with Gasteiger partial charge in [0.15, 0.2) is 0 Å². The molecule has 0 aromatic carbocycles. The third-order valence-electron chi connectivity index (χ3n) is 3.04. The van der Waals surface area contributed by atoms with Crippen molar-refractivity contribution in [2.24, 2.45) is 0 Å². The quantitative estimate of drug-likeness (QED) is 0.623. The van der Waals surface area contributed by atoms with Crippen LogP contribution in [0.5, 0.6) is 0 Å². The molecule has 0 bridgehead atoms. The third kappa shape index (κ3) is 2.23. The van der Waals surface area contributed by atoms with Gasteiger partial charge in [-0.2, -0.15) is 5.10 Å². The zero-order valence-electron chi connectivity index (χ0n) is 9.76. The molecule has 0 aliphatic carbocycles. The van der Waals surface area contributed by atoms with Crippen molar-refractivity contribution < 1.29 is 9.66 Å². The molecule has 1 aliphatic heterocycles. The lowest BCUT2D eigenvalue weighted by molar-refractivity contribution is -0.384. The third-order valence-corrected chi connectivity index (χ3v) is 3.04. The smallest absolute Gasteiger partial charge is 0.333 e. The summed E-state index contributed by atoms with van der Waals surface area (Å²) in [6, 6.07) is 0.102. The number of nitrogens with zero attached hydrogens (tertiary/aromatic N) is 3. The van der Waals surface area contributed by atoms with Crippen LogP contribution in [0.2, 0.25) is 0 Å². The second kappa shape index (κ2) is 4.70. The van der Waals surface area contributed by atoms with Gasteiger partial charge in [-0.15, -0.1) is 0 Å². The predicted octanol–water partition coefficient (Wildman–Crippen LogP) is 1.42. The van der Waals surface area contributed by atoms with Crippen LogP contribution in [-0.2, 0) is 4.74 Å². The molecule has 0 amide bonds. The van der Waals surface area contributed by atoms with E-state index in [4.69, 9.17) is 10.5 Å². The van der Waals surface area contributed by atoms with Crippen LogP contribution in [0.1, 0.15) is 31.0 Å². The second-order valence-corrected chi connectivity index (χ2v) is 4.22. The lowest BCUT2D eigenvalue weighted by Crippen LogP contribution is -2.14. The summed E-state index contributed by atoms with van der Waals surface area (Å²) in [7, 11) is 0. The van der Waals surface area contributed by atoms with Crippen molar-refractivity contribution in [2.45, 2.75) is 32.2 Å². The van der Waals surface area contributed by atoms with Crippen molar-refractivity contribution >= 4 is 11.5 Å². The van der Waals surface area contributed by atoms with Crippen LogP contribution in [-0.4, -0.2) is 27.9 Å². The van der Waals surface area contributed by atoms with E-state index in [0.717, 1.165) is 25.9 Å². The topological polar surface area (TPSA) is 96.2 Å². The Morgan fingerprint density at radius 3 is 2.94 bits per heavy atom. The number of anilines is 1. The molecule has 17 heavy (non-hydrogen) atoms. The summed E-state index contributed by atoms with van der Waals surface area (Å²) in [5.41, 5.74) is 6.10. The van der Waals surface area contributed by atoms with Gasteiger partial charge in [0.05, 0.1) is 11.0 Å². The number of nitrogen functional groups attached to an aromatic ring is 1. The molecule has 7 heteroatoms. The Kier molecular flexibility index (Phi) is 3.28. The molecule has 2 heterocycles. The lowest BCUT2D eigenvalue weighted by Gasteiger charge is -2.14. The van der Waals surface area contributed by atoms with Crippen molar-refractivity contribution in [3.05, 3.63) is 15.8 Å². The summed E-state index contributed by atoms with van der Waals surface area (Å²) >= 11 is 0. The summed E-state index contributed by atoms with van der Waals surface area (Å²) in [5.74, 6) is 0.152. The molecule has 0 saturated carbocycles. The zero-order valence-corrected chi connectivity index (χ0v) is 9.76. The van der Waals surface area contributed by atoms with E-state index in [-0.39, 0.29) is 17.5 Å². The van der Waals surface area contributed by atoms with Crippen LogP contribution in [0.25, 0.3) is 0 Å². The highest BCUT2D eigenvalue weighted by atomic mass is 16.6. The van der Waals surface area contributed by atoms with E-state index in [9.17, 15) is 10.1 Å². The van der Waals surface area contributed by atoms with Crippen LogP contribution in [0.4, 0.5) is 11.5 Å². The number of rotatable bonds is 2. The first-order chi connectivity index (χ1) is 8.11. The Balaban J connectivity index is 2.31. The van der Waals surface area contributed by atoms with Gasteiger partial charge in [0.2, 0.25) is 5.82 Å². The van der Waals surface area contributed by atoms with Gasteiger partial charge in [-0.25, -0.2) is 4.68 Å². The molecule has 7 nitrogen and oxygen atoms in total. The fraction of sp³-hybridized carbons (Fsp3) is 0.700. The van der Waals surface area contributed by atoms with Gasteiger partial charge in [-0.3, -0.25) is 10.1 Å². The molecular weight excluding hydrogens is 224 g/mol. The average molecular weight is 240 g/mol. The van der Waals surface area contributed by atoms with E-state index >= 15 is 0 Å². The van der Waals surface area contributed by atoms with Crippen molar-refractivity contribution in [3.63, 3.8) is 0 Å². The fourth-order valence-electron chi connectivity index (χ4n) is 2.19. The van der Waals surface area contributed by atoms with Crippen molar-refractivity contribution in [3.8, 4) is 0 Å². The van der Waals surface area contributed by atoms with E-state index in [0.29, 0.717) is 12.3 Å². The summed E-state index contributed by atoms with van der Waals surface area (Å²) in [5, 5.41) is 15.0. The maximum atomic E-state index is 10.9. The predicted molar refractivity (Wildman–Crippen MR) is 61.7 cm³/mol. The normalized spacial score (nSPS) is 21.1. The fourth-order valence-corrected chi connectivity index (χ4v) is 2.19.